The zero-order chi connectivity index (χ0) is 11.8. The van der Waals surface area contributed by atoms with Gasteiger partial charge in [-0.3, -0.25) is 0 Å². The lowest BCUT2D eigenvalue weighted by Crippen LogP contribution is -2.44. The first-order valence-corrected chi connectivity index (χ1v) is 6.80. The van der Waals surface area contributed by atoms with Crippen LogP contribution in [0.4, 0.5) is 0 Å². The minimum Gasteiger partial charge on any atom is -0.306 e. The summed E-state index contributed by atoms with van der Waals surface area (Å²) >= 11 is 0. The molecule has 2 saturated heterocycles. The van der Waals surface area contributed by atoms with Gasteiger partial charge in [-0.25, -0.2) is 0 Å². The third-order valence-electron chi connectivity index (χ3n) is 4.24. The molecule has 2 heterocycles. The summed E-state index contributed by atoms with van der Waals surface area (Å²) < 4.78 is 0. The van der Waals surface area contributed by atoms with Crippen LogP contribution in [0.15, 0.2) is 0 Å². The SMILES string of the molecule is CN1CCC2(CCN(CC(C)(C)C)CC2)C1. The Morgan fingerprint density at radius 3 is 2.00 bits per heavy atom. The van der Waals surface area contributed by atoms with E-state index in [1.807, 2.05) is 0 Å². The lowest BCUT2D eigenvalue weighted by atomic mass is 9.77. The molecule has 0 aromatic rings. The lowest BCUT2D eigenvalue weighted by molar-refractivity contribution is 0.0849. The highest BCUT2D eigenvalue weighted by Gasteiger charge is 2.39. The summed E-state index contributed by atoms with van der Waals surface area (Å²) in [5.41, 5.74) is 1.14. The fourth-order valence-corrected chi connectivity index (χ4v) is 3.42. The van der Waals surface area contributed by atoms with Gasteiger partial charge in [-0.1, -0.05) is 20.8 Å². The van der Waals surface area contributed by atoms with Crippen LogP contribution in [0.25, 0.3) is 0 Å². The van der Waals surface area contributed by atoms with Crippen molar-refractivity contribution in [3.05, 3.63) is 0 Å². The summed E-state index contributed by atoms with van der Waals surface area (Å²) in [6, 6.07) is 0. The highest BCUT2D eigenvalue weighted by molar-refractivity contribution is 4.93. The van der Waals surface area contributed by atoms with E-state index in [-0.39, 0.29) is 0 Å². The Morgan fingerprint density at radius 2 is 1.56 bits per heavy atom. The predicted molar refractivity (Wildman–Crippen MR) is 69.7 cm³/mol. The molecule has 1 spiro atoms. The van der Waals surface area contributed by atoms with Gasteiger partial charge in [0.2, 0.25) is 0 Å². The van der Waals surface area contributed by atoms with Crippen LogP contribution in [0.5, 0.6) is 0 Å². The quantitative estimate of drug-likeness (QED) is 0.675. The molecule has 0 radical (unpaired) electrons. The van der Waals surface area contributed by atoms with Crippen molar-refractivity contribution in [1.82, 2.24) is 9.80 Å². The normalized spacial score (nSPS) is 27.8. The number of hydrogen-bond donors (Lipinski definition) is 0. The van der Waals surface area contributed by atoms with Crippen molar-refractivity contribution in [1.29, 1.82) is 0 Å². The summed E-state index contributed by atoms with van der Waals surface area (Å²) in [5, 5.41) is 0. The van der Waals surface area contributed by atoms with E-state index in [0.717, 1.165) is 0 Å². The third kappa shape index (κ3) is 2.98. The maximum Gasteiger partial charge on any atom is 0.00364 e. The van der Waals surface area contributed by atoms with Crippen LogP contribution in [0.1, 0.15) is 40.0 Å². The molecular weight excluding hydrogens is 196 g/mol. The van der Waals surface area contributed by atoms with Gasteiger partial charge in [0.05, 0.1) is 0 Å². The maximum atomic E-state index is 2.67. The van der Waals surface area contributed by atoms with Gasteiger partial charge in [-0.15, -0.1) is 0 Å². The smallest absolute Gasteiger partial charge is 0.00364 e. The number of rotatable bonds is 1. The molecule has 0 saturated carbocycles. The molecule has 0 aromatic heterocycles. The zero-order valence-electron chi connectivity index (χ0n) is 11.6. The molecule has 2 heteroatoms. The summed E-state index contributed by atoms with van der Waals surface area (Å²) in [5.74, 6) is 0. The maximum absolute atomic E-state index is 2.67. The Balaban J connectivity index is 1.83. The molecule has 16 heavy (non-hydrogen) atoms. The molecule has 2 fully saturated rings. The van der Waals surface area contributed by atoms with Gasteiger partial charge >= 0.3 is 0 Å². The Kier molecular flexibility index (Phi) is 3.33. The van der Waals surface area contributed by atoms with Crippen LogP contribution in [-0.2, 0) is 0 Å². The summed E-state index contributed by atoms with van der Waals surface area (Å²) in [7, 11) is 2.27. The van der Waals surface area contributed by atoms with Crippen molar-refractivity contribution < 1.29 is 0 Å². The average molecular weight is 224 g/mol. The minimum absolute atomic E-state index is 0.455. The van der Waals surface area contributed by atoms with Gasteiger partial charge in [-0.05, 0) is 56.8 Å². The predicted octanol–water partition coefficient (Wildman–Crippen LogP) is 2.45. The number of hydrogen-bond acceptors (Lipinski definition) is 2. The monoisotopic (exact) mass is 224 g/mol. The van der Waals surface area contributed by atoms with Crippen LogP contribution in [0, 0.1) is 10.8 Å². The van der Waals surface area contributed by atoms with Gasteiger partial charge in [0, 0.05) is 13.1 Å². The lowest BCUT2D eigenvalue weighted by Gasteiger charge is -2.41. The highest BCUT2D eigenvalue weighted by Crippen LogP contribution is 2.40. The van der Waals surface area contributed by atoms with Gasteiger partial charge in [0.15, 0.2) is 0 Å². The molecule has 0 bridgehead atoms. The fourth-order valence-electron chi connectivity index (χ4n) is 3.42. The molecule has 2 aliphatic rings. The Labute approximate surface area is 101 Å². The van der Waals surface area contributed by atoms with Crippen LogP contribution in [0.2, 0.25) is 0 Å². The van der Waals surface area contributed by atoms with E-state index < -0.39 is 0 Å². The Morgan fingerprint density at radius 1 is 1.00 bits per heavy atom. The van der Waals surface area contributed by atoms with Crippen LogP contribution >= 0.6 is 0 Å². The van der Waals surface area contributed by atoms with E-state index in [1.165, 1.54) is 52.0 Å². The molecule has 0 aliphatic carbocycles. The van der Waals surface area contributed by atoms with Gasteiger partial charge in [0.1, 0.15) is 0 Å². The van der Waals surface area contributed by atoms with Crippen molar-refractivity contribution in [3.63, 3.8) is 0 Å². The molecule has 0 amide bonds. The molecule has 0 aromatic carbocycles. The van der Waals surface area contributed by atoms with E-state index >= 15 is 0 Å². The van der Waals surface area contributed by atoms with E-state index in [1.54, 1.807) is 0 Å². The van der Waals surface area contributed by atoms with Crippen molar-refractivity contribution in [2.24, 2.45) is 10.8 Å². The van der Waals surface area contributed by atoms with E-state index in [9.17, 15) is 0 Å². The standard InChI is InChI=1S/C14H28N2/c1-13(2,3)11-16-9-6-14(7-10-16)5-8-15(4)12-14/h5-12H2,1-4H3. The third-order valence-corrected chi connectivity index (χ3v) is 4.24. The largest absolute Gasteiger partial charge is 0.306 e. The summed E-state index contributed by atoms with van der Waals surface area (Å²) in [4.78, 5) is 5.18. The van der Waals surface area contributed by atoms with Gasteiger partial charge in [-0.2, -0.15) is 0 Å². The van der Waals surface area contributed by atoms with E-state index in [2.05, 4.69) is 37.6 Å². The van der Waals surface area contributed by atoms with Crippen molar-refractivity contribution in [2.75, 3.05) is 39.8 Å². The number of piperidine rings is 1. The van der Waals surface area contributed by atoms with Crippen molar-refractivity contribution >= 4 is 0 Å². The Hall–Kier alpha value is -0.0800. The molecular formula is C14H28N2. The van der Waals surface area contributed by atoms with Crippen LogP contribution < -0.4 is 0 Å². The summed E-state index contributed by atoms with van der Waals surface area (Å²) in [6.07, 6.45) is 4.29. The molecule has 2 nitrogen and oxygen atoms in total. The first-order chi connectivity index (χ1) is 7.39. The Bertz CT molecular complexity index is 234. The van der Waals surface area contributed by atoms with Gasteiger partial charge < -0.3 is 9.80 Å². The van der Waals surface area contributed by atoms with Gasteiger partial charge in [0.25, 0.3) is 0 Å². The molecule has 2 rings (SSSR count). The fraction of sp³-hybridized carbons (Fsp3) is 1.00. The average Bonchev–Trinajstić information content (AvgIpc) is 2.51. The molecule has 2 aliphatic heterocycles. The summed E-state index contributed by atoms with van der Waals surface area (Å²) in [6.45, 7) is 13.6. The van der Waals surface area contributed by atoms with Crippen molar-refractivity contribution in [3.8, 4) is 0 Å². The molecule has 0 atom stereocenters. The molecule has 94 valence electrons. The van der Waals surface area contributed by atoms with E-state index in [0.29, 0.717) is 10.8 Å². The van der Waals surface area contributed by atoms with E-state index in [4.69, 9.17) is 0 Å². The zero-order valence-corrected chi connectivity index (χ0v) is 11.6. The van der Waals surface area contributed by atoms with Crippen LogP contribution in [-0.4, -0.2) is 49.6 Å². The number of likely N-dealkylation sites (tertiary alicyclic amines) is 2. The first kappa shape index (κ1) is 12.4. The first-order valence-electron chi connectivity index (χ1n) is 6.80. The second kappa shape index (κ2) is 4.30. The second-order valence-corrected chi connectivity index (χ2v) is 7.32. The topological polar surface area (TPSA) is 6.48 Å². The van der Waals surface area contributed by atoms with Crippen molar-refractivity contribution in [2.45, 2.75) is 40.0 Å². The second-order valence-electron chi connectivity index (χ2n) is 7.32. The molecule has 0 N–H and O–H groups in total. The highest BCUT2D eigenvalue weighted by atomic mass is 15.2. The minimum atomic E-state index is 0.455. The van der Waals surface area contributed by atoms with Crippen LogP contribution in [0.3, 0.4) is 0 Å². The molecule has 0 unspecified atom stereocenters. The number of nitrogens with zero attached hydrogens (tertiary/aromatic N) is 2.